The highest BCUT2D eigenvalue weighted by Gasteiger charge is 2.05. The molecule has 1 aromatic carbocycles. The van der Waals surface area contributed by atoms with E-state index in [1.54, 1.807) is 12.1 Å². The van der Waals surface area contributed by atoms with Crippen molar-refractivity contribution in [3.63, 3.8) is 0 Å². The maximum atomic E-state index is 12.9. The first-order valence-corrected chi connectivity index (χ1v) is 4.97. The van der Waals surface area contributed by atoms with Crippen LogP contribution in [0.3, 0.4) is 0 Å². The highest BCUT2D eigenvalue weighted by molar-refractivity contribution is 9.09. The number of benzene rings is 1. The van der Waals surface area contributed by atoms with Gasteiger partial charge in [0.25, 0.3) is 0 Å². The van der Waals surface area contributed by atoms with E-state index in [0.29, 0.717) is 5.33 Å². The highest BCUT2D eigenvalue weighted by Crippen LogP contribution is 2.15. The van der Waals surface area contributed by atoms with Crippen LogP contribution in [0.15, 0.2) is 24.3 Å². The number of halogens is 2. The van der Waals surface area contributed by atoms with Crippen LogP contribution in [-0.4, -0.2) is 23.1 Å². The summed E-state index contributed by atoms with van der Waals surface area (Å²) in [6, 6.07) is 6.11. The minimum absolute atomic E-state index is 0.0895. The van der Waals surface area contributed by atoms with Crippen LogP contribution in [0.1, 0.15) is 0 Å². The summed E-state index contributed by atoms with van der Waals surface area (Å²) in [6.45, 7) is 0.0895. The number of alkyl halides is 1. The number of rotatable bonds is 4. The zero-order valence-electron chi connectivity index (χ0n) is 6.91. The van der Waals surface area contributed by atoms with Gasteiger partial charge in [-0.05, 0) is 12.1 Å². The Morgan fingerprint density at radius 1 is 1.46 bits per heavy atom. The SMILES string of the molecule is OC(CBr)COc1ccccc1F. The Hall–Kier alpha value is -0.610. The minimum Gasteiger partial charge on any atom is -0.488 e. The average Bonchev–Trinajstić information content (AvgIpc) is 2.16. The van der Waals surface area contributed by atoms with Crippen molar-refractivity contribution >= 4 is 15.9 Å². The molecule has 0 saturated heterocycles. The van der Waals surface area contributed by atoms with E-state index in [9.17, 15) is 4.39 Å². The van der Waals surface area contributed by atoms with Crippen molar-refractivity contribution in [1.82, 2.24) is 0 Å². The van der Waals surface area contributed by atoms with Crippen LogP contribution in [0, 0.1) is 5.82 Å². The first-order chi connectivity index (χ1) is 6.24. The Bertz CT molecular complexity index is 268. The van der Waals surface area contributed by atoms with Crippen LogP contribution in [-0.2, 0) is 0 Å². The average molecular weight is 249 g/mol. The second kappa shape index (κ2) is 5.19. The van der Waals surface area contributed by atoms with Crippen LogP contribution >= 0.6 is 15.9 Å². The Morgan fingerprint density at radius 2 is 2.15 bits per heavy atom. The quantitative estimate of drug-likeness (QED) is 0.826. The fraction of sp³-hybridized carbons (Fsp3) is 0.333. The van der Waals surface area contributed by atoms with E-state index in [1.165, 1.54) is 12.1 Å². The van der Waals surface area contributed by atoms with Gasteiger partial charge in [0.1, 0.15) is 6.61 Å². The maximum Gasteiger partial charge on any atom is 0.165 e. The number of hydrogen-bond acceptors (Lipinski definition) is 2. The van der Waals surface area contributed by atoms with Crippen LogP contribution in [0.5, 0.6) is 5.75 Å². The van der Waals surface area contributed by atoms with Gasteiger partial charge < -0.3 is 9.84 Å². The normalized spacial score (nSPS) is 12.5. The molecule has 0 aliphatic carbocycles. The molecule has 0 aliphatic heterocycles. The topological polar surface area (TPSA) is 29.5 Å². The maximum absolute atomic E-state index is 12.9. The molecule has 4 heteroatoms. The molecule has 0 fully saturated rings. The summed E-state index contributed by atoms with van der Waals surface area (Å²) in [5, 5.41) is 9.53. The van der Waals surface area contributed by atoms with Gasteiger partial charge in [-0.25, -0.2) is 4.39 Å². The van der Waals surface area contributed by atoms with E-state index in [4.69, 9.17) is 9.84 Å². The van der Waals surface area contributed by atoms with Crippen molar-refractivity contribution < 1.29 is 14.2 Å². The van der Waals surface area contributed by atoms with Gasteiger partial charge in [-0.15, -0.1) is 0 Å². The molecule has 2 nitrogen and oxygen atoms in total. The summed E-state index contributed by atoms with van der Waals surface area (Å²) in [7, 11) is 0. The molecule has 0 radical (unpaired) electrons. The molecule has 72 valence electrons. The van der Waals surface area contributed by atoms with E-state index in [2.05, 4.69) is 15.9 Å². The first-order valence-electron chi connectivity index (χ1n) is 3.85. The molecular formula is C9H10BrFO2. The molecule has 0 heterocycles. The van der Waals surface area contributed by atoms with Crippen molar-refractivity contribution in [3.05, 3.63) is 30.1 Å². The monoisotopic (exact) mass is 248 g/mol. The van der Waals surface area contributed by atoms with Gasteiger partial charge in [-0.1, -0.05) is 28.1 Å². The molecule has 1 N–H and O–H groups in total. The third kappa shape index (κ3) is 3.32. The van der Waals surface area contributed by atoms with E-state index in [1.807, 2.05) is 0 Å². The molecular weight excluding hydrogens is 239 g/mol. The van der Waals surface area contributed by atoms with Crippen LogP contribution in [0.4, 0.5) is 4.39 Å². The summed E-state index contributed by atoms with van der Waals surface area (Å²) in [4.78, 5) is 0. The van der Waals surface area contributed by atoms with Crippen molar-refractivity contribution in [2.75, 3.05) is 11.9 Å². The molecule has 0 saturated carbocycles. The van der Waals surface area contributed by atoms with Crippen LogP contribution in [0.2, 0.25) is 0 Å². The number of aliphatic hydroxyl groups is 1. The number of hydrogen-bond donors (Lipinski definition) is 1. The van der Waals surface area contributed by atoms with Crippen molar-refractivity contribution in [2.45, 2.75) is 6.10 Å². The third-order valence-corrected chi connectivity index (χ3v) is 2.19. The molecule has 1 rings (SSSR count). The standard InChI is InChI=1S/C9H10BrFO2/c10-5-7(12)6-13-9-4-2-1-3-8(9)11/h1-4,7,12H,5-6H2. The summed E-state index contributed by atoms with van der Waals surface area (Å²) in [5.74, 6) is -0.244. The summed E-state index contributed by atoms with van der Waals surface area (Å²) in [5.41, 5.74) is 0. The molecule has 13 heavy (non-hydrogen) atoms. The molecule has 1 atom stereocenters. The van der Waals surface area contributed by atoms with Gasteiger partial charge in [0.15, 0.2) is 11.6 Å². The van der Waals surface area contributed by atoms with Gasteiger partial charge in [-0.3, -0.25) is 0 Å². The molecule has 1 aromatic rings. The minimum atomic E-state index is -0.611. The Kier molecular flexibility index (Phi) is 4.18. The molecule has 0 aliphatic rings. The van der Waals surface area contributed by atoms with Crippen molar-refractivity contribution in [2.24, 2.45) is 0 Å². The fourth-order valence-electron chi connectivity index (χ4n) is 0.792. The molecule has 1 unspecified atom stereocenters. The van der Waals surface area contributed by atoms with E-state index < -0.39 is 11.9 Å². The number of aliphatic hydroxyl groups excluding tert-OH is 1. The summed E-state index contributed by atoms with van der Waals surface area (Å²) in [6.07, 6.45) is -0.611. The zero-order valence-corrected chi connectivity index (χ0v) is 8.50. The van der Waals surface area contributed by atoms with Gasteiger partial charge in [0.05, 0.1) is 6.10 Å². The van der Waals surface area contributed by atoms with Crippen LogP contribution < -0.4 is 4.74 Å². The molecule has 0 aromatic heterocycles. The van der Waals surface area contributed by atoms with E-state index >= 15 is 0 Å². The molecule has 0 bridgehead atoms. The lowest BCUT2D eigenvalue weighted by Crippen LogP contribution is -2.18. The zero-order chi connectivity index (χ0) is 9.68. The number of para-hydroxylation sites is 1. The smallest absolute Gasteiger partial charge is 0.165 e. The Labute approximate surface area is 84.5 Å². The Balaban J connectivity index is 2.50. The lowest BCUT2D eigenvalue weighted by Gasteiger charge is -2.09. The third-order valence-electron chi connectivity index (χ3n) is 1.45. The fourth-order valence-corrected chi connectivity index (χ4v) is 0.979. The van der Waals surface area contributed by atoms with Crippen molar-refractivity contribution in [1.29, 1.82) is 0 Å². The Morgan fingerprint density at radius 3 is 2.77 bits per heavy atom. The van der Waals surface area contributed by atoms with Crippen molar-refractivity contribution in [3.8, 4) is 5.75 Å². The lowest BCUT2D eigenvalue weighted by molar-refractivity contribution is 0.124. The second-order valence-electron chi connectivity index (χ2n) is 2.55. The largest absolute Gasteiger partial charge is 0.488 e. The summed E-state index contributed by atoms with van der Waals surface area (Å²) < 4.78 is 18.0. The second-order valence-corrected chi connectivity index (χ2v) is 3.20. The van der Waals surface area contributed by atoms with Gasteiger partial charge in [-0.2, -0.15) is 0 Å². The van der Waals surface area contributed by atoms with Crippen LogP contribution in [0.25, 0.3) is 0 Å². The number of ether oxygens (including phenoxy) is 1. The van der Waals surface area contributed by atoms with Gasteiger partial charge in [0, 0.05) is 5.33 Å². The first kappa shape index (κ1) is 10.5. The predicted octanol–water partition coefficient (Wildman–Crippen LogP) is 1.96. The lowest BCUT2D eigenvalue weighted by atomic mass is 10.3. The highest BCUT2D eigenvalue weighted by atomic mass is 79.9. The predicted molar refractivity (Wildman–Crippen MR) is 51.7 cm³/mol. The molecule has 0 amide bonds. The van der Waals surface area contributed by atoms with Gasteiger partial charge >= 0.3 is 0 Å². The van der Waals surface area contributed by atoms with Gasteiger partial charge in [0.2, 0.25) is 0 Å². The van der Waals surface area contributed by atoms with E-state index in [-0.39, 0.29) is 12.4 Å². The summed E-state index contributed by atoms with van der Waals surface area (Å²) >= 11 is 3.08. The molecule has 0 spiro atoms. The van der Waals surface area contributed by atoms with E-state index in [0.717, 1.165) is 0 Å².